The van der Waals surface area contributed by atoms with E-state index in [0.29, 0.717) is 31.0 Å². The minimum absolute atomic E-state index is 0.344. The molecule has 0 saturated heterocycles. The first kappa shape index (κ1) is 14.4. The molecule has 20 heavy (non-hydrogen) atoms. The van der Waals surface area contributed by atoms with Crippen LogP contribution in [0.25, 0.3) is 0 Å². The Morgan fingerprint density at radius 2 is 2.15 bits per heavy atom. The van der Waals surface area contributed by atoms with Crippen LogP contribution in [0.15, 0.2) is 18.2 Å². The molecule has 1 aliphatic rings. The van der Waals surface area contributed by atoms with E-state index in [4.69, 9.17) is 9.47 Å². The summed E-state index contributed by atoms with van der Waals surface area (Å²) in [7, 11) is 0. The molecule has 0 fully saturated rings. The Bertz CT molecular complexity index is 519. The van der Waals surface area contributed by atoms with Gasteiger partial charge in [-0.1, -0.05) is 12.1 Å². The van der Waals surface area contributed by atoms with Crippen LogP contribution < -0.4 is 4.74 Å². The van der Waals surface area contributed by atoms with Gasteiger partial charge in [-0.3, -0.25) is 4.79 Å². The van der Waals surface area contributed by atoms with Crippen molar-refractivity contribution in [3.8, 4) is 5.75 Å². The maximum absolute atomic E-state index is 12.1. The highest BCUT2D eigenvalue weighted by Gasteiger charge is 2.25. The van der Waals surface area contributed by atoms with Gasteiger partial charge in [0.25, 0.3) is 0 Å². The van der Waals surface area contributed by atoms with E-state index in [9.17, 15) is 9.59 Å². The summed E-state index contributed by atoms with van der Waals surface area (Å²) >= 11 is 0. The Morgan fingerprint density at radius 1 is 1.40 bits per heavy atom. The average molecular weight is 277 g/mol. The van der Waals surface area contributed by atoms with E-state index >= 15 is 0 Å². The number of rotatable bonds is 1. The molecule has 1 aromatic rings. The number of amides is 1. The number of carbonyl (C=O) groups is 2. The Morgan fingerprint density at radius 3 is 2.80 bits per heavy atom. The summed E-state index contributed by atoms with van der Waals surface area (Å²) in [6.45, 7) is 6.65. The van der Waals surface area contributed by atoms with Crippen LogP contribution in [0.4, 0.5) is 4.79 Å². The lowest BCUT2D eigenvalue weighted by molar-refractivity contribution is 0.0225. The normalized spacial score (nSPS) is 14.8. The summed E-state index contributed by atoms with van der Waals surface area (Å²) in [5.41, 5.74) is 0.795. The van der Waals surface area contributed by atoms with Gasteiger partial charge in [-0.2, -0.15) is 0 Å². The molecule has 0 unspecified atom stereocenters. The van der Waals surface area contributed by atoms with Crippen LogP contribution in [0.1, 0.15) is 36.7 Å². The molecule has 1 aliphatic heterocycles. The SMILES string of the molecule is CC(C)(C)OC(=O)N1CCOc2c(C=O)cccc2C1. The summed E-state index contributed by atoms with van der Waals surface area (Å²) in [5.74, 6) is 0.563. The number of benzene rings is 1. The van der Waals surface area contributed by atoms with Gasteiger partial charge in [0.15, 0.2) is 6.29 Å². The lowest BCUT2D eigenvalue weighted by Gasteiger charge is -2.26. The average Bonchev–Trinajstić information content (AvgIpc) is 2.58. The van der Waals surface area contributed by atoms with Crippen LogP contribution in [-0.2, 0) is 11.3 Å². The number of carbonyl (C=O) groups excluding carboxylic acids is 2. The van der Waals surface area contributed by atoms with E-state index in [1.807, 2.05) is 26.8 Å². The zero-order valence-electron chi connectivity index (χ0n) is 12.0. The molecule has 0 aromatic heterocycles. The zero-order valence-corrected chi connectivity index (χ0v) is 12.0. The number of hydrogen-bond acceptors (Lipinski definition) is 4. The molecule has 0 radical (unpaired) electrons. The number of aldehydes is 1. The maximum atomic E-state index is 12.1. The topological polar surface area (TPSA) is 55.8 Å². The van der Waals surface area contributed by atoms with Crippen molar-refractivity contribution in [3.05, 3.63) is 29.3 Å². The van der Waals surface area contributed by atoms with Crippen molar-refractivity contribution < 1.29 is 19.1 Å². The summed E-state index contributed by atoms with van der Waals surface area (Å²) in [5, 5.41) is 0. The molecule has 0 N–H and O–H groups in total. The fourth-order valence-electron chi connectivity index (χ4n) is 2.02. The van der Waals surface area contributed by atoms with Gasteiger partial charge in [0.05, 0.1) is 18.7 Å². The first-order valence-corrected chi connectivity index (χ1v) is 6.58. The second-order valence-corrected chi connectivity index (χ2v) is 5.70. The molecule has 0 atom stereocenters. The lowest BCUT2D eigenvalue weighted by Crippen LogP contribution is -2.37. The van der Waals surface area contributed by atoms with Crippen LogP contribution in [0, 0.1) is 0 Å². The van der Waals surface area contributed by atoms with Crippen molar-refractivity contribution in [3.63, 3.8) is 0 Å². The standard InChI is InChI=1S/C15H19NO4/c1-15(2,3)20-14(18)16-7-8-19-13-11(9-16)5-4-6-12(13)10-17/h4-6,10H,7-9H2,1-3H3. The van der Waals surface area contributed by atoms with E-state index in [-0.39, 0.29) is 6.09 Å². The molecule has 5 nitrogen and oxygen atoms in total. The number of nitrogens with zero attached hydrogens (tertiary/aromatic N) is 1. The summed E-state index contributed by atoms with van der Waals surface area (Å²) in [6, 6.07) is 5.34. The molecule has 0 saturated carbocycles. The third kappa shape index (κ3) is 3.29. The Labute approximate surface area is 118 Å². The molecule has 0 bridgehead atoms. The molecular weight excluding hydrogens is 258 g/mol. The van der Waals surface area contributed by atoms with Crippen LogP contribution in [0.2, 0.25) is 0 Å². The van der Waals surface area contributed by atoms with Gasteiger partial charge in [-0.05, 0) is 26.8 Å². The third-order valence-electron chi connectivity index (χ3n) is 2.87. The predicted molar refractivity (Wildman–Crippen MR) is 74.0 cm³/mol. The number of para-hydroxylation sites is 1. The fraction of sp³-hybridized carbons (Fsp3) is 0.467. The zero-order chi connectivity index (χ0) is 14.8. The number of fused-ring (bicyclic) bond motifs is 1. The van der Waals surface area contributed by atoms with Gasteiger partial charge in [0, 0.05) is 5.56 Å². The van der Waals surface area contributed by atoms with Crippen LogP contribution in [0.3, 0.4) is 0 Å². The first-order chi connectivity index (χ1) is 9.40. The van der Waals surface area contributed by atoms with Crippen molar-refractivity contribution in [1.82, 2.24) is 4.90 Å². The van der Waals surface area contributed by atoms with Crippen molar-refractivity contribution in [2.24, 2.45) is 0 Å². The largest absolute Gasteiger partial charge is 0.491 e. The molecule has 5 heteroatoms. The number of ether oxygens (including phenoxy) is 2. The van der Waals surface area contributed by atoms with Crippen molar-refractivity contribution in [2.45, 2.75) is 32.9 Å². The van der Waals surface area contributed by atoms with E-state index in [2.05, 4.69) is 0 Å². The van der Waals surface area contributed by atoms with Gasteiger partial charge in [-0.15, -0.1) is 0 Å². The van der Waals surface area contributed by atoms with Crippen molar-refractivity contribution in [2.75, 3.05) is 13.2 Å². The Hall–Kier alpha value is -2.04. The molecule has 1 aromatic carbocycles. The van der Waals surface area contributed by atoms with Crippen molar-refractivity contribution in [1.29, 1.82) is 0 Å². The second-order valence-electron chi connectivity index (χ2n) is 5.70. The monoisotopic (exact) mass is 277 g/mol. The lowest BCUT2D eigenvalue weighted by atomic mass is 10.1. The molecular formula is C15H19NO4. The van der Waals surface area contributed by atoms with Gasteiger partial charge in [0.1, 0.15) is 18.0 Å². The van der Waals surface area contributed by atoms with Gasteiger partial charge in [0.2, 0.25) is 0 Å². The van der Waals surface area contributed by atoms with E-state index < -0.39 is 5.60 Å². The number of hydrogen-bond donors (Lipinski definition) is 0. The smallest absolute Gasteiger partial charge is 0.410 e. The van der Waals surface area contributed by atoms with Crippen molar-refractivity contribution >= 4 is 12.4 Å². The molecule has 1 amide bonds. The minimum atomic E-state index is -0.530. The predicted octanol–water partition coefficient (Wildman–Crippen LogP) is 2.63. The molecule has 0 spiro atoms. The third-order valence-corrected chi connectivity index (χ3v) is 2.87. The summed E-state index contributed by atoms with van der Waals surface area (Å²) in [4.78, 5) is 24.7. The summed E-state index contributed by atoms with van der Waals surface area (Å²) in [6.07, 6.45) is 0.396. The van der Waals surface area contributed by atoms with Gasteiger partial charge in [-0.25, -0.2) is 4.79 Å². The van der Waals surface area contributed by atoms with Gasteiger partial charge >= 0.3 is 6.09 Å². The van der Waals surface area contributed by atoms with E-state index in [0.717, 1.165) is 11.8 Å². The van der Waals surface area contributed by atoms with Crippen LogP contribution in [-0.4, -0.2) is 36.0 Å². The Kier molecular flexibility index (Phi) is 3.97. The quantitative estimate of drug-likeness (QED) is 0.740. The highest BCUT2D eigenvalue weighted by atomic mass is 16.6. The maximum Gasteiger partial charge on any atom is 0.410 e. The summed E-state index contributed by atoms with van der Waals surface area (Å²) < 4.78 is 11.0. The molecule has 2 rings (SSSR count). The van der Waals surface area contributed by atoms with Crippen LogP contribution >= 0.6 is 0 Å². The van der Waals surface area contributed by atoms with Crippen LogP contribution in [0.5, 0.6) is 5.75 Å². The van der Waals surface area contributed by atoms with E-state index in [1.54, 1.807) is 17.0 Å². The molecule has 108 valence electrons. The van der Waals surface area contributed by atoms with E-state index in [1.165, 1.54) is 0 Å². The molecule has 0 aliphatic carbocycles. The minimum Gasteiger partial charge on any atom is -0.491 e. The second kappa shape index (κ2) is 5.53. The highest BCUT2D eigenvalue weighted by Crippen LogP contribution is 2.27. The van der Waals surface area contributed by atoms with Gasteiger partial charge < -0.3 is 14.4 Å². The fourth-order valence-corrected chi connectivity index (χ4v) is 2.02. The highest BCUT2D eigenvalue weighted by molar-refractivity contribution is 5.80. The first-order valence-electron chi connectivity index (χ1n) is 6.58. The molecule has 1 heterocycles. The Balaban J connectivity index is 2.20.